The lowest BCUT2D eigenvalue weighted by Crippen LogP contribution is -2.24. The molecule has 0 saturated carbocycles. The fourth-order valence-electron chi connectivity index (χ4n) is 1.04. The monoisotopic (exact) mass is 224 g/mol. The van der Waals surface area contributed by atoms with Gasteiger partial charge in [0.25, 0.3) is 0 Å². The average Bonchev–Trinajstić information content (AvgIpc) is 2.18. The maximum atomic E-state index is 11.6. The van der Waals surface area contributed by atoms with Crippen molar-refractivity contribution in [1.82, 2.24) is 4.72 Å². The quantitative estimate of drug-likeness (QED) is 0.781. The molecule has 0 bridgehead atoms. The molecule has 0 unspecified atom stereocenters. The molecule has 1 aromatic carbocycles. The molecular formula is C10H12N2O2S. The minimum Gasteiger partial charge on any atom is -0.210 e. The fourth-order valence-corrected chi connectivity index (χ4v) is 2.07. The molecule has 0 fully saturated rings. The molecule has 1 aromatic rings. The SMILES string of the molecule is Cc1ccc(S(=O)(=O)NCCC#N)cc1. The molecule has 0 aliphatic heterocycles. The number of nitriles is 1. The molecule has 0 radical (unpaired) electrons. The van der Waals surface area contributed by atoms with Crippen molar-refractivity contribution in [3.8, 4) is 6.07 Å². The normalized spacial score (nSPS) is 10.9. The number of aryl methyl sites for hydroxylation is 1. The van der Waals surface area contributed by atoms with E-state index in [0.29, 0.717) is 0 Å². The van der Waals surface area contributed by atoms with Crippen molar-refractivity contribution < 1.29 is 8.42 Å². The van der Waals surface area contributed by atoms with E-state index in [2.05, 4.69) is 4.72 Å². The maximum absolute atomic E-state index is 11.6. The maximum Gasteiger partial charge on any atom is 0.240 e. The highest BCUT2D eigenvalue weighted by Gasteiger charge is 2.11. The molecule has 4 nitrogen and oxygen atoms in total. The van der Waals surface area contributed by atoms with Crippen molar-refractivity contribution in [2.24, 2.45) is 0 Å². The summed E-state index contributed by atoms with van der Waals surface area (Å²) in [5.74, 6) is 0. The fraction of sp³-hybridized carbons (Fsp3) is 0.300. The Labute approximate surface area is 89.6 Å². The highest BCUT2D eigenvalue weighted by Crippen LogP contribution is 2.09. The summed E-state index contributed by atoms with van der Waals surface area (Å²) in [5, 5.41) is 8.29. The van der Waals surface area contributed by atoms with Crippen molar-refractivity contribution in [2.75, 3.05) is 6.54 Å². The molecule has 0 spiro atoms. The average molecular weight is 224 g/mol. The Morgan fingerprint density at radius 2 is 1.93 bits per heavy atom. The van der Waals surface area contributed by atoms with Crippen LogP contribution in [-0.2, 0) is 10.0 Å². The van der Waals surface area contributed by atoms with Crippen LogP contribution in [0.3, 0.4) is 0 Å². The second-order valence-electron chi connectivity index (χ2n) is 3.12. The van der Waals surface area contributed by atoms with E-state index in [9.17, 15) is 8.42 Å². The number of rotatable bonds is 4. The highest BCUT2D eigenvalue weighted by molar-refractivity contribution is 7.89. The first kappa shape index (κ1) is 11.7. The molecule has 0 atom stereocenters. The molecule has 0 aliphatic rings. The van der Waals surface area contributed by atoms with Gasteiger partial charge in [-0.2, -0.15) is 5.26 Å². The molecule has 0 amide bonds. The van der Waals surface area contributed by atoms with Gasteiger partial charge in [-0.25, -0.2) is 13.1 Å². The molecule has 0 aliphatic carbocycles. The van der Waals surface area contributed by atoms with Gasteiger partial charge in [-0.15, -0.1) is 0 Å². The van der Waals surface area contributed by atoms with Crippen molar-refractivity contribution in [3.05, 3.63) is 29.8 Å². The van der Waals surface area contributed by atoms with E-state index in [1.807, 2.05) is 13.0 Å². The molecule has 1 rings (SSSR count). The van der Waals surface area contributed by atoms with Crippen LogP contribution in [0.1, 0.15) is 12.0 Å². The summed E-state index contributed by atoms with van der Waals surface area (Å²) >= 11 is 0. The molecule has 0 saturated heterocycles. The highest BCUT2D eigenvalue weighted by atomic mass is 32.2. The summed E-state index contributed by atoms with van der Waals surface area (Å²) in [5.41, 5.74) is 1.01. The van der Waals surface area contributed by atoms with E-state index in [-0.39, 0.29) is 17.9 Å². The number of benzene rings is 1. The van der Waals surface area contributed by atoms with E-state index in [1.165, 1.54) is 0 Å². The summed E-state index contributed by atoms with van der Waals surface area (Å²) in [6, 6.07) is 8.44. The predicted molar refractivity (Wildman–Crippen MR) is 56.6 cm³/mol. The van der Waals surface area contributed by atoms with Gasteiger partial charge in [-0.1, -0.05) is 17.7 Å². The van der Waals surface area contributed by atoms with Crippen LogP contribution in [-0.4, -0.2) is 15.0 Å². The van der Waals surface area contributed by atoms with Gasteiger partial charge in [0.15, 0.2) is 0 Å². The first-order chi connectivity index (χ1) is 7.06. The second kappa shape index (κ2) is 4.91. The molecular weight excluding hydrogens is 212 g/mol. The lowest BCUT2D eigenvalue weighted by molar-refractivity contribution is 0.582. The van der Waals surface area contributed by atoms with Crippen LogP contribution in [0.2, 0.25) is 0 Å². The number of nitrogens with zero attached hydrogens (tertiary/aromatic N) is 1. The number of hydrogen-bond donors (Lipinski definition) is 1. The Hall–Kier alpha value is -1.38. The molecule has 15 heavy (non-hydrogen) atoms. The minimum atomic E-state index is -3.45. The Bertz CT molecular complexity index is 457. The van der Waals surface area contributed by atoms with Crippen molar-refractivity contribution >= 4 is 10.0 Å². The molecule has 5 heteroatoms. The third-order valence-corrected chi connectivity index (χ3v) is 3.34. The van der Waals surface area contributed by atoms with Gasteiger partial charge in [0.05, 0.1) is 11.0 Å². The zero-order valence-electron chi connectivity index (χ0n) is 8.40. The standard InChI is InChI=1S/C10H12N2O2S/c1-9-3-5-10(6-4-9)15(13,14)12-8-2-7-11/h3-6,12H,2,8H2,1H3. The van der Waals surface area contributed by atoms with Crippen LogP contribution in [0, 0.1) is 18.3 Å². The van der Waals surface area contributed by atoms with Gasteiger partial charge in [-0.3, -0.25) is 0 Å². The van der Waals surface area contributed by atoms with E-state index < -0.39 is 10.0 Å². The number of nitrogens with one attached hydrogen (secondary N) is 1. The Balaban J connectivity index is 2.79. The Kier molecular flexibility index (Phi) is 3.83. The largest absolute Gasteiger partial charge is 0.240 e. The van der Waals surface area contributed by atoms with Crippen LogP contribution in [0.4, 0.5) is 0 Å². The van der Waals surface area contributed by atoms with E-state index in [1.54, 1.807) is 24.3 Å². The van der Waals surface area contributed by atoms with Gasteiger partial charge in [-0.05, 0) is 19.1 Å². The van der Waals surface area contributed by atoms with E-state index >= 15 is 0 Å². The minimum absolute atomic E-state index is 0.146. The van der Waals surface area contributed by atoms with Crippen LogP contribution >= 0.6 is 0 Å². The van der Waals surface area contributed by atoms with Gasteiger partial charge in [0.1, 0.15) is 0 Å². The molecule has 1 N–H and O–H groups in total. The molecule has 0 heterocycles. The molecule has 80 valence electrons. The summed E-state index contributed by atoms with van der Waals surface area (Å²) < 4.78 is 25.5. The van der Waals surface area contributed by atoms with Gasteiger partial charge in [0.2, 0.25) is 10.0 Å². The van der Waals surface area contributed by atoms with Crippen molar-refractivity contribution in [2.45, 2.75) is 18.2 Å². The van der Waals surface area contributed by atoms with Crippen molar-refractivity contribution in [3.63, 3.8) is 0 Å². The van der Waals surface area contributed by atoms with Crippen LogP contribution < -0.4 is 4.72 Å². The van der Waals surface area contributed by atoms with E-state index in [0.717, 1.165) is 5.56 Å². The third kappa shape index (κ3) is 3.35. The summed E-state index contributed by atoms with van der Waals surface area (Å²) in [6.45, 7) is 2.03. The number of sulfonamides is 1. The first-order valence-corrected chi connectivity index (χ1v) is 5.98. The van der Waals surface area contributed by atoms with Gasteiger partial charge in [0, 0.05) is 13.0 Å². The first-order valence-electron chi connectivity index (χ1n) is 4.49. The predicted octanol–water partition coefficient (Wildman–Crippen LogP) is 1.19. The van der Waals surface area contributed by atoms with Crippen LogP contribution in [0.5, 0.6) is 0 Å². The summed E-state index contributed by atoms with van der Waals surface area (Å²) in [4.78, 5) is 0.228. The van der Waals surface area contributed by atoms with E-state index in [4.69, 9.17) is 5.26 Å². The van der Waals surface area contributed by atoms with Crippen LogP contribution in [0.25, 0.3) is 0 Å². The van der Waals surface area contributed by atoms with Gasteiger partial charge < -0.3 is 0 Å². The third-order valence-electron chi connectivity index (χ3n) is 1.86. The molecule has 0 aromatic heterocycles. The Morgan fingerprint density at radius 1 is 1.33 bits per heavy atom. The smallest absolute Gasteiger partial charge is 0.210 e. The number of hydrogen-bond acceptors (Lipinski definition) is 3. The van der Waals surface area contributed by atoms with Crippen LogP contribution in [0.15, 0.2) is 29.2 Å². The second-order valence-corrected chi connectivity index (χ2v) is 4.89. The zero-order chi connectivity index (χ0) is 11.3. The topological polar surface area (TPSA) is 70.0 Å². The lowest BCUT2D eigenvalue weighted by atomic mass is 10.2. The van der Waals surface area contributed by atoms with Gasteiger partial charge >= 0.3 is 0 Å². The van der Waals surface area contributed by atoms with Crippen molar-refractivity contribution in [1.29, 1.82) is 5.26 Å². The summed E-state index contributed by atoms with van der Waals surface area (Å²) in [7, 11) is -3.45. The Morgan fingerprint density at radius 3 is 2.47 bits per heavy atom. The zero-order valence-corrected chi connectivity index (χ0v) is 9.21. The summed E-state index contributed by atoms with van der Waals surface area (Å²) in [6.07, 6.45) is 0.172. The lowest BCUT2D eigenvalue weighted by Gasteiger charge is -2.04.